The van der Waals surface area contributed by atoms with Crippen LogP contribution in [0.2, 0.25) is 0 Å². The van der Waals surface area contributed by atoms with Gasteiger partial charge in [0.25, 0.3) is 0 Å². The molecule has 0 radical (unpaired) electrons. The number of rotatable bonds is 10. The van der Waals surface area contributed by atoms with Gasteiger partial charge in [0.15, 0.2) is 0 Å². The number of aliphatic hydroxyl groups excluding tert-OH is 1. The van der Waals surface area contributed by atoms with Crippen molar-refractivity contribution in [2.24, 2.45) is 11.8 Å². The lowest BCUT2D eigenvalue weighted by Gasteiger charge is -2.37. The smallest absolute Gasteiger partial charge is 0.312 e. The fraction of sp³-hybridized carbons (Fsp3) is 0.500. The van der Waals surface area contributed by atoms with Gasteiger partial charge in [0.05, 0.1) is 36.3 Å². The highest BCUT2D eigenvalue weighted by Crippen LogP contribution is 2.64. The Morgan fingerprint density at radius 2 is 1.90 bits per heavy atom. The predicted octanol–water partition coefficient (Wildman–Crippen LogP) is 1.83. The maximum atomic E-state index is 14.4. The summed E-state index contributed by atoms with van der Waals surface area (Å²) >= 11 is 0. The molecule has 3 aromatic rings. The average Bonchev–Trinajstić information content (AvgIpc) is 3.72. The van der Waals surface area contributed by atoms with Crippen molar-refractivity contribution in [3.05, 3.63) is 60.2 Å². The van der Waals surface area contributed by atoms with Gasteiger partial charge in [-0.15, -0.1) is 5.10 Å². The minimum absolute atomic E-state index is 0.0291. The van der Waals surface area contributed by atoms with Crippen LogP contribution in [0.25, 0.3) is 11.0 Å². The Balaban J connectivity index is 1.38. The Hall–Kier alpha value is -3.83. The molecule has 2 amide bonds. The van der Waals surface area contributed by atoms with Gasteiger partial charge < -0.3 is 24.8 Å². The number of aromatic nitrogens is 3. The molecular formula is C30H35N5O6. The Labute approximate surface area is 237 Å². The van der Waals surface area contributed by atoms with Crippen molar-refractivity contribution in [3.8, 4) is 0 Å². The molecule has 2 aromatic carbocycles. The van der Waals surface area contributed by atoms with Crippen LogP contribution in [0.15, 0.2) is 54.6 Å². The van der Waals surface area contributed by atoms with Gasteiger partial charge in [0.2, 0.25) is 11.8 Å². The first-order valence-electron chi connectivity index (χ1n) is 14.3. The van der Waals surface area contributed by atoms with E-state index in [9.17, 15) is 19.5 Å². The molecule has 11 nitrogen and oxygen atoms in total. The van der Waals surface area contributed by atoms with Crippen LogP contribution < -0.4 is 5.32 Å². The van der Waals surface area contributed by atoms with Gasteiger partial charge in [-0.25, -0.2) is 4.68 Å². The largest absolute Gasteiger partial charge is 0.466 e. The fourth-order valence-electron chi connectivity index (χ4n) is 7.36. The molecule has 41 heavy (non-hydrogen) atoms. The zero-order valence-corrected chi connectivity index (χ0v) is 23.2. The molecule has 1 aromatic heterocycles. The van der Waals surface area contributed by atoms with Crippen LogP contribution >= 0.6 is 0 Å². The van der Waals surface area contributed by atoms with E-state index in [0.717, 1.165) is 11.1 Å². The number of hydrogen-bond donors (Lipinski definition) is 2. The molecule has 1 spiro atoms. The summed E-state index contributed by atoms with van der Waals surface area (Å²) < 4.78 is 13.8. The minimum Gasteiger partial charge on any atom is -0.466 e. The number of benzene rings is 2. The number of amides is 2. The molecule has 0 aliphatic carbocycles. The second kappa shape index (κ2) is 10.5. The molecule has 2 N–H and O–H groups in total. The number of likely N-dealkylation sites (tertiary alicyclic amines) is 1. The van der Waals surface area contributed by atoms with Crippen LogP contribution in [0.4, 0.5) is 0 Å². The lowest BCUT2D eigenvalue weighted by Crippen LogP contribution is -2.58. The second-order valence-electron chi connectivity index (χ2n) is 11.1. The third kappa shape index (κ3) is 4.21. The van der Waals surface area contributed by atoms with Crippen LogP contribution in [0.1, 0.15) is 38.7 Å². The number of esters is 1. The Kier molecular flexibility index (Phi) is 7.03. The van der Waals surface area contributed by atoms with E-state index in [-0.39, 0.29) is 25.8 Å². The molecule has 11 heteroatoms. The molecule has 3 saturated heterocycles. The molecular weight excluding hydrogens is 526 g/mol. The third-order valence-corrected chi connectivity index (χ3v) is 9.15. The van der Waals surface area contributed by atoms with Crippen molar-refractivity contribution >= 4 is 28.8 Å². The van der Waals surface area contributed by atoms with E-state index in [1.807, 2.05) is 61.5 Å². The number of nitrogens with one attached hydrogen (secondary N) is 1. The SMILES string of the molecule is CCOC(=O)[C@@H]1[C@H]2C(=O)N([C@@H](CO)Cc3ccccc3)C(C(=O)NCn3nnc4ccccc43)C23CC[C@@]1(CC)O3. The molecule has 3 aliphatic heterocycles. The first kappa shape index (κ1) is 27.3. The highest BCUT2D eigenvalue weighted by atomic mass is 16.6. The first-order chi connectivity index (χ1) is 19.9. The van der Waals surface area contributed by atoms with E-state index in [2.05, 4.69) is 15.6 Å². The number of hydrogen-bond acceptors (Lipinski definition) is 8. The monoisotopic (exact) mass is 561 g/mol. The third-order valence-electron chi connectivity index (χ3n) is 9.15. The van der Waals surface area contributed by atoms with Gasteiger partial charge in [-0.05, 0) is 50.3 Å². The summed E-state index contributed by atoms with van der Waals surface area (Å²) in [6.07, 6.45) is 1.82. The van der Waals surface area contributed by atoms with E-state index >= 15 is 0 Å². The van der Waals surface area contributed by atoms with Gasteiger partial charge in [-0.3, -0.25) is 14.4 Å². The maximum Gasteiger partial charge on any atom is 0.312 e. The highest BCUT2D eigenvalue weighted by Gasteiger charge is 2.79. The Bertz CT molecular complexity index is 1460. The molecule has 6 atom stereocenters. The zero-order valence-electron chi connectivity index (χ0n) is 23.2. The second-order valence-corrected chi connectivity index (χ2v) is 11.1. The number of para-hydroxylation sites is 1. The Morgan fingerprint density at radius 1 is 1.15 bits per heavy atom. The summed E-state index contributed by atoms with van der Waals surface area (Å²) in [6.45, 7) is 3.52. The van der Waals surface area contributed by atoms with Crippen molar-refractivity contribution in [2.45, 2.75) is 69.5 Å². The van der Waals surface area contributed by atoms with Gasteiger partial charge in [-0.2, -0.15) is 0 Å². The molecule has 0 saturated carbocycles. The van der Waals surface area contributed by atoms with Crippen molar-refractivity contribution < 1.29 is 29.0 Å². The van der Waals surface area contributed by atoms with Crippen LogP contribution in [0, 0.1) is 11.8 Å². The molecule has 4 heterocycles. The number of carbonyl (C=O) groups excluding carboxylic acids is 3. The summed E-state index contributed by atoms with van der Waals surface area (Å²) in [5.41, 5.74) is 0.266. The summed E-state index contributed by atoms with van der Waals surface area (Å²) in [5, 5.41) is 21.8. The lowest BCUT2D eigenvalue weighted by atomic mass is 9.65. The molecule has 2 bridgehead atoms. The van der Waals surface area contributed by atoms with Crippen molar-refractivity contribution in [1.82, 2.24) is 25.2 Å². The van der Waals surface area contributed by atoms with Crippen LogP contribution in [-0.2, 0) is 36.9 Å². The van der Waals surface area contributed by atoms with Crippen molar-refractivity contribution in [3.63, 3.8) is 0 Å². The maximum absolute atomic E-state index is 14.4. The number of carbonyl (C=O) groups is 3. The van der Waals surface area contributed by atoms with Crippen molar-refractivity contribution in [2.75, 3.05) is 13.2 Å². The van der Waals surface area contributed by atoms with Gasteiger partial charge in [-0.1, -0.05) is 54.6 Å². The highest BCUT2D eigenvalue weighted by molar-refractivity contribution is 5.98. The number of aliphatic hydroxyl groups is 1. The van der Waals surface area contributed by atoms with E-state index in [4.69, 9.17) is 9.47 Å². The topological polar surface area (TPSA) is 136 Å². The molecule has 3 fully saturated rings. The summed E-state index contributed by atoms with van der Waals surface area (Å²) in [5.74, 6) is -2.98. The number of nitrogens with zero attached hydrogens (tertiary/aromatic N) is 4. The molecule has 6 rings (SSSR count). The zero-order chi connectivity index (χ0) is 28.8. The van der Waals surface area contributed by atoms with Crippen LogP contribution in [-0.4, -0.2) is 79.3 Å². The molecule has 216 valence electrons. The molecule has 2 unspecified atom stereocenters. The predicted molar refractivity (Wildman–Crippen MR) is 147 cm³/mol. The molecule has 3 aliphatic rings. The number of ether oxygens (including phenoxy) is 2. The Morgan fingerprint density at radius 3 is 2.63 bits per heavy atom. The lowest BCUT2D eigenvalue weighted by molar-refractivity contribution is -0.162. The van der Waals surface area contributed by atoms with Crippen LogP contribution in [0.3, 0.4) is 0 Å². The fourth-order valence-corrected chi connectivity index (χ4v) is 7.36. The van der Waals surface area contributed by atoms with E-state index in [1.165, 1.54) is 4.90 Å². The van der Waals surface area contributed by atoms with E-state index in [0.29, 0.717) is 31.2 Å². The summed E-state index contributed by atoms with van der Waals surface area (Å²) in [4.78, 5) is 43.4. The average molecular weight is 562 g/mol. The van der Waals surface area contributed by atoms with Crippen LogP contribution in [0.5, 0.6) is 0 Å². The minimum atomic E-state index is -1.22. The van der Waals surface area contributed by atoms with Crippen molar-refractivity contribution in [1.29, 1.82) is 0 Å². The van der Waals surface area contributed by atoms with E-state index < -0.39 is 47.0 Å². The quantitative estimate of drug-likeness (QED) is 0.358. The normalized spacial score (nSPS) is 29.1. The first-order valence-corrected chi connectivity index (χ1v) is 14.3. The van der Waals surface area contributed by atoms with Gasteiger partial charge >= 0.3 is 5.97 Å². The van der Waals surface area contributed by atoms with Gasteiger partial charge in [0.1, 0.15) is 29.7 Å². The van der Waals surface area contributed by atoms with E-state index in [1.54, 1.807) is 11.6 Å². The number of fused-ring (bicyclic) bond motifs is 2. The standard InChI is InChI=1S/C30H35N5O6/c1-3-29-14-15-30(41-29)23(24(29)28(39)40-4-2)27(38)35(20(17-36)16-19-10-6-5-7-11-19)25(30)26(37)31-18-34-22-13-9-8-12-21(22)32-33-34/h5-13,20,23-25,36H,3-4,14-18H2,1-2H3,(H,31,37)/t20-,23+,24+,25?,29-,30?/m1/s1. The summed E-state index contributed by atoms with van der Waals surface area (Å²) in [7, 11) is 0. The van der Waals surface area contributed by atoms with Gasteiger partial charge in [0, 0.05) is 0 Å². The summed E-state index contributed by atoms with van der Waals surface area (Å²) in [6, 6.07) is 15.2.